The van der Waals surface area contributed by atoms with Gasteiger partial charge in [-0.25, -0.2) is 35.3 Å². The summed E-state index contributed by atoms with van der Waals surface area (Å²) in [6.45, 7) is 6.16. The van der Waals surface area contributed by atoms with Gasteiger partial charge in [-0.1, -0.05) is 42.5 Å². The Bertz CT molecular complexity index is 4310. The number of halogens is 2. The summed E-state index contributed by atoms with van der Waals surface area (Å²) in [6, 6.07) is 33.8. The number of sulfone groups is 1. The lowest BCUT2D eigenvalue weighted by Gasteiger charge is -2.25. The van der Waals surface area contributed by atoms with Crippen molar-refractivity contribution in [2.24, 2.45) is 0 Å². The molecule has 6 heterocycles. The molecule has 0 amide bonds. The number of carbonyl (C=O) groups is 3. The Kier molecular flexibility index (Phi) is 16.6. The Balaban J connectivity index is 0.000000147. The van der Waals surface area contributed by atoms with Crippen molar-refractivity contribution >= 4 is 81.5 Å². The molecule has 4 aromatic carbocycles. The maximum atomic E-state index is 13.8. The molecule has 1 aliphatic carbocycles. The molecule has 81 heavy (non-hydrogen) atoms. The van der Waals surface area contributed by atoms with Crippen molar-refractivity contribution in [3.05, 3.63) is 196 Å². The second-order valence-corrected chi connectivity index (χ2v) is 23.7. The smallest absolute Gasteiger partial charge is 0.323 e. The van der Waals surface area contributed by atoms with E-state index < -0.39 is 43.6 Å². The third kappa shape index (κ3) is 12.7. The standard InChI is InChI=1S/C21H21FN2O4S.C21H17FN2O2.C18H19N3O4S/c22-14-5-8-16(9-6-14)29(27,28)23-15-7-10-20-18(13-15)17-3-1-2-4-19(17)24(20)12-11-21(25)26;1-13-17(11-16-8-6-14-4-2-3-5-19(14)23-16)18-10-15(22)7-9-20(18)24(13)12-21(25)26;1-11-7-13(26(3,24)25)9-20-16(11)10-21-12(2)15(8-17(22)23)14-5-4-6-19-18(14)21/h1-6,8-9,15,23H,7,10-13H2,(H,25,26);2-10H,11-12H2,1H3,(H,25,26);4-7,9H,8,10H2,1-3H3,(H,22,23)/t15-;;/m1../s1. The van der Waals surface area contributed by atoms with Crippen molar-refractivity contribution in [3.63, 3.8) is 0 Å². The Hall–Kier alpha value is -8.66. The minimum absolute atomic E-state index is 0.0335. The van der Waals surface area contributed by atoms with Gasteiger partial charge in [0.1, 0.15) is 23.8 Å². The molecular formula is C60H57F2N7O10S2. The zero-order chi connectivity index (χ0) is 57.9. The molecule has 4 N–H and O–H groups in total. The topological polar surface area (TPSA) is 246 Å². The summed E-state index contributed by atoms with van der Waals surface area (Å²) in [5.41, 5.74) is 11.0. The van der Waals surface area contributed by atoms with Gasteiger partial charge in [0.05, 0.1) is 40.4 Å². The van der Waals surface area contributed by atoms with Crippen molar-refractivity contribution in [1.29, 1.82) is 0 Å². The number of carboxylic acid groups (broad SMARTS) is 3. The molecule has 21 heteroatoms. The van der Waals surface area contributed by atoms with Crippen LogP contribution in [-0.4, -0.2) is 91.0 Å². The minimum atomic E-state index is -3.75. The van der Waals surface area contributed by atoms with Crippen LogP contribution in [0.1, 0.15) is 63.6 Å². The van der Waals surface area contributed by atoms with Crippen LogP contribution in [0.2, 0.25) is 0 Å². The van der Waals surface area contributed by atoms with Gasteiger partial charge >= 0.3 is 17.9 Å². The molecule has 0 fully saturated rings. The summed E-state index contributed by atoms with van der Waals surface area (Å²) in [4.78, 5) is 47.1. The molecule has 1 aliphatic rings. The minimum Gasteiger partial charge on any atom is -0.481 e. The number of aryl methyl sites for hydroxylation is 2. The maximum absolute atomic E-state index is 13.8. The average Bonchev–Trinajstić information content (AvgIpc) is 3.47. The average molecular weight is 1140 g/mol. The lowest BCUT2D eigenvalue weighted by molar-refractivity contribution is -0.138. The van der Waals surface area contributed by atoms with Gasteiger partial charge in [-0.2, -0.15) is 0 Å². The Labute approximate surface area is 465 Å². The molecular weight excluding hydrogens is 1080 g/mol. The first-order valence-electron chi connectivity index (χ1n) is 25.8. The molecule has 17 nitrogen and oxygen atoms in total. The fraction of sp³-hybridized carbons (Fsp3) is 0.233. The normalized spacial score (nSPS) is 13.4. The van der Waals surface area contributed by atoms with E-state index in [4.69, 9.17) is 10.1 Å². The number of hydrogen-bond donors (Lipinski definition) is 4. The molecule has 0 bridgehead atoms. The highest BCUT2D eigenvalue weighted by Gasteiger charge is 2.29. The zero-order valence-electron chi connectivity index (χ0n) is 44.6. The number of para-hydroxylation sites is 2. The molecule has 6 aromatic heterocycles. The second-order valence-electron chi connectivity index (χ2n) is 19.9. The van der Waals surface area contributed by atoms with Crippen LogP contribution in [0.25, 0.3) is 43.7 Å². The van der Waals surface area contributed by atoms with E-state index in [0.717, 1.165) is 102 Å². The zero-order valence-corrected chi connectivity index (χ0v) is 46.2. The van der Waals surface area contributed by atoms with Crippen molar-refractivity contribution in [2.75, 3.05) is 6.26 Å². The van der Waals surface area contributed by atoms with Crippen LogP contribution in [-0.2, 0) is 79.6 Å². The largest absolute Gasteiger partial charge is 0.481 e. The van der Waals surface area contributed by atoms with Crippen LogP contribution in [0.4, 0.5) is 8.78 Å². The van der Waals surface area contributed by atoms with E-state index in [1.54, 1.807) is 29.0 Å². The van der Waals surface area contributed by atoms with Crippen molar-refractivity contribution in [3.8, 4) is 0 Å². The number of hydrogen-bond acceptors (Lipinski definition) is 10. The highest BCUT2D eigenvalue weighted by atomic mass is 32.2. The first-order chi connectivity index (χ1) is 38.6. The van der Waals surface area contributed by atoms with Crippen LogP contribution >= 0.6 is 0 Å². The summed E-state index contributed by atoms with van der Waals surface area (Å²) >= 11 is 0. The molecule has 10 aromatic rings. The molecule has 0 saturated heterocycles. The SMILES string of the molecule is Cc1c(Cc2ccc3ccccc3n2)c2cc(F)ccc2n1CC(=O)O.Cc1cc(S(C)(=O)=O)cnc1Cn1c(C)c(CC(=O)O)c2cccnc21.O=C(O)CCn1c2c(c3ccccc31)C[C@H](NS(=O)(=O)c1ccc(F)cc1)CC2. The van der Waals surface area contributed by atoms with Crippen molar-refractivity contribution in [2.45, 2.75) is 94.8 Å². The van der Waals surface area contributed by atoms with E-state index >= 15 is 0 Å². The van der Waals surface area contributed by atoms with Crippen LogP contribution in [0.5, 0.6) is 0 Å². The summed E-state index contributed by atoms with van der Waals surface area (Å²) in [7, 11) is -7.06. The van der Waals surface area contributed by atoms with E-state index in [1.165, 1.54) is 30.5 Å². The lowest BCUT2D eigenvalue weighted by atomic mass is 9.92. The highest BCUT2D eigenvalue weighted by molar-refractivity contribution is 7.90. The van der Waals surface area contributed by atoms with E-state index in [9.17, 15) is 50.2 Å². The Morgan fingerprint density at radius 2 is 1.38 bits per heavy atom. The molecule has 0 spiro atoms. The number of nitrogens with one attached hydrogen (secondary N) is 1. The Morgan fingerprint density at radius 3 is 2.10 bits per heavy atom. The first-order valence-corrected chi connectivity index (χ1v) is 29.2. The van der Waals surface area contributed by atoms with E-state index in [2.05, 4.69) is 14.7 Å². The number of sulfonamides is 1. The van der Waals surface area contributed by atoms with Crippen LogP contribution in [0.15, 0.2) is 144 Å². The number of aromatic nitrogens is 6. The third-order valence-electron chi connectivity index (χ3n) is 14.5. The number of aliphatic carboxylic acids is 3. The van der Waals surface area contributed by atoms with Gasteiger partial charge in [-0.05, 0) is 141 Å². The van der Waals surface area contributed by atoms with Gasteiger partial charge in [0, 0.05) is 93.0 Å². The van der Waals surface area contributed by atoms with E-state index in [1.807, 2.05) is 96.6 Å². The molecule has 0 aliphatic heterocycles. The number of rotatable bonds is 15. The number of nitrogens with zero attached hydrogens (tertiary/aromatic N) is 6. The summed E-state index contributed by atoms with van der Waals surface area (Å²) < 4.78 is 84.0. The highest BCUT2D eigenvalue weighted by Crippen LogP contribution is 2.34. The molecule has 0 unspecified atom stereocenters. The molecule has 0 saturated carbocycles. The maximum Gasteiger partial charge on any atom is 0.323 e. The number of pyridine rings is 3. The monoisotopic (exact) mass is 1140 g/mol. The van der Waals surface area contributed by atoms with Gasteiger partial charge in [-0.15, -0.1) is 0 Å². The summed E-state index contributed by atoms with van der Waals surface area (Å²) in [6.07, 6.45) is 6.41. The predicted octanol–water partition coefficient (Wildman–Crippen LogP) is 9.53. The van der Waals surface area contributed by atoms with Gasteiger partial charge in [0.2, 0.25) is 10.0 Å². The predicted molar refractivity (Wildman–Crippen MR) is 303 cm³/mol. The van der Waals surface area contributed by atoms with Crippen molar-refractivity contribution < 1.29 is 55.3 Å². The number of benzene rings is 4. The lowest BCUT2D eigenvalue weighted by Crippen LogP contribution is -2.39. The van der Waals surface area contributed by atoms with Crippen molar-refractivity contribution in [1.82, 2.24) is 33.4 Å². The van der Waals surface area contributed by atoms with Gasteiger partial charge in [-0.3, -0.25) is 24.4 Å². The molecule has 0 radical (unpaired) electrons. The fourth-order valence-corrected chi connectivity index (χ4v) is 12.5. The number of fused-ring (bicyclic) bond motifs is 6. The molecule has 1 atom stereocenters. The van der Waals surface area contributed by atoms with Gasteiger partial charge < -0.3 is 29.0 Å². The van der Waals surface area contributed by atoms with Crippen LogP contribution < -0.4 is 4.72 Å². The Morgan fingerprint density at radius 1 is 0.691 bits per heavy atom. The quantitative estimate of drug-likeness (QED) is 0.0748. The molecule has 11 rings (SSSR count). The third-order valence-corrected chi connectivity index (χ3v) is 17.1. The summed E-state index contributed by atoms with van der Waals surface area (Å²) in [5, 5.41) is 31.1. The van der Waals surface area contributed by atoms with Crippen LogP contribution in [0, 0.1) is 32.4 Å². The van der Waals surface area contributed by atoms with E-state index in [-0.39, 0.29) is 41.0 Å². The van der Waals surface area contributed by atoms with Gasteiger partial charge in [0.25, 0.3) is 0 Å². The van der Waals surface area contributed by atoms with Gasteiger partial charge in [0.15, 0.2) is 9.84 Å². The molecule has 418 valence electrons. The van der Waals surface area contributed by atoms with Crippen LogP contribution in [0.3, 0.4) is 0 Å². The number of carboxylic acids is 3. The fourth-order valence-electron chi connectivity index (χ4n) is 10.6. The summed E-state index contributed by atoms with van der Waals surface area (Å²) in [5.74, 6) is -3.50. The first kappa shape index (κ1) is 57.0. The van der Waals surface area contributed by atoms with E-state index in [0.29, 0.717) is 50.1 Å². The second kappa shape index (κ2) is 23.6.